The van der Waals surface area contributed by atoms with Gasteiger partial charge in [-0.05, 0) is 42.9 Å². The quantitative estimate of drug-likeness (QED) is 0.522. The summed E-state index contributed by atoms with van der Waals surface area (Å²) in [4.78, 5) is 8.84. The lowest BCUT2D eigenvalue weighted by Gasteiger charge is -2.33. The second-order valence-electron chi connectivity index (χ2n) is 8.09. The minimum Gasteiger partial charge on any atom is -0.497 e. The lowest BCUT2D eigenvalue weighted by molar-refractivity contribution is 0.171. The third-order valence-corrected chi connectivity index (χ3v) is 7.75. The topological polar surface area (TPSA) is 94.3 Å². The highest BCUT2D eigenvalue weighted by atomic mass is 32.2. The van der Waals surface area contributed by atoms with E-state index in [-0.39, 0.29) is 21.7 Å². The number of hydrogen-bond acceptors (Lipinski definition) is 9. The number of benzene rings is 2. The first kappa shape index (κ1) is 22.5. The van der Waals surface area contributed by atoms with E-state index in [0.29, 0.717) is 49.1 Å². The summed E-state index contributed by atoms with van der Waals surface area (Å²) in [5.41, 5.74) is 0.665. The predicted octanol–water partition coefficient (Wildman–Crippen LogP) is 3.10. The van der Waals surface area contributed by atoms with Gasteiger partial charge in [-0.1, -0.05) is 6.92 Å². The van der Waals surface area contributed by atoms with Gasteiger partial charge in [-0.15, -0.1) is 0 Å². The van der Waals surface area contributed by atoms with Gasteiger partial charge in [-0.2, -0.15) is 4.98 Å². The van der Waals surface area contributed by atoms with Crippen LogP contribution in [-0.2, 0) is 9.84 Å². The molecule has 10 heteroatoms. The van der Waals surface area contributed by atoms with E-state index in [1.807, 2.05) is 4.90 Å². The molecule has 2 aliphatic rings. The van der Waals surface area contributed by atoms with E-state index in [9.17, 15) is 8.42 Å². The average Bonchev–Trinajstić information content (AvgIpc) is 3.35. The lowest BCUT2D eigenvalue weighted by atomic mass is 10.2. The summed E-state index contributed by atoms with van der Waals surface area (Å²) in [5, 5.41) is -0.0973. The average molecular weight is 486 g/mol. The van der Waals surface area contributed by atoms with Gasteiger partial charge >= 0.3 is 0 Å². The van der Waals surface area contributed by atoms with E-state index < -0.39 is 9.84 Å². The monoisotopic (exact) mass is 485 g/mol. The zero-order valence-electron chi connectivity index (χ0n) is 19.2. The summed E-state index contributed by atoms with van der Waals surface area (Å²) in [7, 11) is -2.40. The number of sulfone groups is 1. The van der Waals surface area contributed by atoms with Crippen molar-refractivity contribution in [3.8, 4) is 28.7 Å². The molecule has 5 rings (SSSR count). The number of rotatable bonds is 6. The minimum atomic E-state index is -3.99. The third-order valence-electron chi connectivity index (χ3n) is 6.10. The molecule has 1 aromatic heterocycles. The second kappa shape index (κ2) is 9.19. The Labute approximate surface area is 198 Å². The molecule has 0 N–H and O–H groups in total. The highest BCUT2D eigenvalue weighted by Gasteiger charge is 2.33. The van der Waals surface area contributed by atoms with Crippen LogP contribution in [0.5, 0.6) is 17.2 Å². The Bertz CT molecular complexity index is 1260. The van der Waals surface area contributed by atoms with E-state index in [1.54, 1.807) is 37.4 Å². The molecule has 0 amide bonds. The first-order chi connectivity index (χ1) is 16.5. The smallest absolute Gasteiger partial charge is 0.236 e. The molecule has 34 heavy (non-hydrogen) atoms. The van der Waals surface area contributed by atoms with Gasteiger partial charge in [0, 0.05) is 37.8 Å². The number of methoxy groups -OCH3 is 1. The van der Waals surface area contributed by atoms with Gasteiger partial charge in [0.1, 0.15) is 19.0 Å². The van der Waals surface area contributed by atoms with Crippen molar-refractivity contribution in [2.24, 2.45) is 0 Å². The molecule has 0 aliphatic carbocycles. The molecule has 1 fully saturated rings. The van der Waals surface area contributed by atoms with Crippen LogP contribution in [-0.4, -0.2) is 71.3 Å². The third kappa shape index (κ3) is 4.19. The number of aromatic nitrogens is 1. The molecule has 0 bridgehead atoms. The normalized spacial score (nSPS) is 16.5. The maximum atomic E-state index is 13.8. The first-order valence-electron chi connectivity index (χ1n) is 11.3. The van der Waals surface area contributed by atoms with Gasteiger partial charge in [0.25, 0.3) is 0 Å². The minimum absolute atomic E-state index is 0.0831. The Morgan fingerprint density at radius 2 is 1.68 bits per heavy atom. The van der Waals surface area contributed by atoms with Crippen LogP contribution in [0, 0.1) is 0 Å². The fourth-order valence-electron chi connectivity index (χ4n) is 4.10. The number of nitrogens with zero attached hydrogens (tertiary/aromatic N) is 3. The Kier molecular flexibility index (Phi) is 6.09. The molecule has 180 valence electrons. The molecule has 3 aromatic rings. The number of hydrogen-bond donors (Lipinski definition) is 0. The fraction of sp³-hybridized carbons (Fsp3) is 0.375. The Morgan fingerprint density at radius 3 is 2.35 bits per heavy atom. The van der Waals surface area contributed by atoms with Crippen molar-refractivity contribution in [2.75, 3.05) is 57.9 Å². The lowest BCUT2D eigenvalue weighted by Crippen LogP contribution is -2.46. The number of anilines is 1. The number of likely N-dealkylation sites (N-methyl/N-ethyl adjacent to an activating group) is 1. The summed E-state index contributed by atoms with van der Waals surface area (Å²) in [6, 6.07) is 11.8. The van der Waals surface area contributed by atoms with Gasteiger partial charge in [0.2, 0.25) is 26.6 Å². The molecule has 1 saturated heterocycles. The molecule has 0 atom stereocenters. The van der Waals surface area contributed by atoms with E-state index in [1.165, 1.54) is 12.1 Å². The molecule has 0 unspecified atom stereocenters. The van der Waals surface area contributed by atoms with Crippen LogP contribution in [0.2, 0.25) is 0 Å². The molecule has 2 aliphatic heterocycles. The van der Waals surface area contributed by atoms with Crippen LogP contribution in [0.1, 0.15) is 6.92 Å². The molecular weight excluding hydrogens is 458 g/mol. The molecular formula is C24H27N3O6S. The Morgan fingerprint density at radius 1 is 0.971 bits per heavy atom. The number of ether oxygens (including phenoxy) is 3. The van der Waals surface area contributed by atoms with Crippen LogP contribution in [0.25, 0.3) is 11.5 Å². The molecule has 0 radical (unpaired) electrons. The standard InChI is InChI=1S/C24H27N3O6S/c1-3-26-10-12-27(13-11-26)24-23(25-22(33-24)17-4-6-18(30-2)7-5-17)34(28,29)19-8-9-20-21(16-19)32-15-14-31-20/h4-9,16H,3,10-15H2,1-2H3. The summed E-state index contributed by atoms with van der Waals surface area (Å²) >= 11 is 0. The van der Waals surface area contributed by atoms with Gasteiger partial charge in [0.15, 0.2) is 11.5 Å². The number of fused-ring (bicyclic) bond motifs is 1. The van der Waals surface area contributed by atoms with Crippen molar-refractivity contribution in [2.45, 2.75) is 16.8 Å². The molecule has 2 aromatic carbocycles. The molecule has 0 spiro atoms. The zero-order chi connectivity index (χ0) is 23.7. The highest BCUT2D eigenvalue weighted by molar-refractivity contribution is 7.91. The van der Waals surface area contributed by atoms with Crippen molar-refractivity contribution < 1.29 is 27.0 Å². The summed E-state index contributed by atoms with van der Waals surface area (Å²) in [6.07, 6.45) is 0. The van der Waals surface area contributed by atoms with Crippen molar-refractivity contribution in [1.29, 1.82) is 0 Å². The van der Waals surface area contributed by atoms with Crippen molar-refractivity contribution in [3.05, 3.63) is 42.5 Å². The van der Waals surface area contributed by atoms with Crippen LogP contribution >= 0.6 is 0 Å². The molecule has 3 heterocycles. The molecule has 0 saturated carbocycles. The Hall–Kier alpha value is -3.24. The maximum Gasteiger partial charge on any atom is 0.236 e. The predicted molar refractivity (Wildman–Crippen MR) is 126 cm³/mol. The van der Waals surface area contributed by atoms with E-state index in [0.717, 1.165) is 19.6 Å². The number of oxazole rings is 1. The SMILES string of the molecule is CCN1CCN(c2oc(-c3ccc(OC)cc3)nc2S(=O)(=O)c2ccc3c(c2)OCCO3)CC1. The van der Waals surface area contributed by atoms with Crippen molar-refractivity contribution in [3.63, 3.8) is 0 Å². The second-order valence-corrected chi connectivity index (χ2v) is 9.95. The maximum absolute atomic E-state index is 13.8. The zero-order valence-corrected chi connectivity index (χ0v) is 20.0. The summed E-state index contributed by atoms with van der Waals surface area (Å²) < 4.78 is 50.0. The number of piperazine rings is 1. The van der Waals surface area contributed by atoms with Gasteiger partial charge in [-0.25, -0.2) is 8.42 Å². The van der Waals surface area contributed by atoms with E-state index >= 15 is 0 Å². The fourth-order valence-corrected chi connectivity index (χ4v) is 5.44. The van der Waals surface area contributed by atoms with Crippen LogP contribution < -0.4 is 19.1 Å². The van der Waals surface area contributed by atoms with Crippen LogP contribution in [0.15, 0.2) is 56.8 Å². The summed E-state index contributed by atoms with van der Waals surface area (Å²) in [5.74, 6) is 2.13. The first-order valence-corrected chi connectivity index (χ1v) is 12.7. The van der Waals surface area contributed by atoms with E-state index in [2.05, 4.69) is 16.8 Å². The van der Waals surface area contributed by atoms with Gasteiger partial charge in [0.05, 0.1) is 12.0 Å². The Balaban J connectivity index is 1.57. The van der Waals surface area contributed by atoms with Crippen molar-refractivity contribution >= 4 is 15.7 Å². The van der Waals surface area contributed by atoms with Gasteiger partial charge < -0.3 is 28.4 Å². The van der Waals surface area contributed by atoms with E-state index in [4.69, 9.17) is 18.6 Å². The highest BCUT2D eigenvalue weighted by Crippen LogP contribution is 2.38. The molecule has 9 nitrogen and oxygen atoms in total. The van der Waals surface area contributed by atoms with Crippen molar-refractivity contribution in [1.82, 2.24) is 9.88 Å². The van der Waals surface area contributed by atoms with Crippen LogP contribution in [0.3, 0.4) is 0 Å². The largest absolute Gasteiger partial charge is 0.497 e. The van der Waals surface area contributed by atoms with Gasteiger partial charge in [-0.3, -0.25) is 0 Å². The summed E-state index contributed by atoms with van der Waals surface area (Å²) in [6.45, 7) is 6.80. The van der Waals surface area contributed by atoms with Crippen LogP contribution in [0.4, 0.5) is 5.88 Å².